The Labute approximate surface area is 165 Å². The Hall–Kier alpha value is -2.64. The summed E-state index contributed by atoms with van der Waals surface area (Å²) in [6, 6.07) is 18.3. The van der Waals surface area contributed by atoms with Crippen LogP contribution in [-0.2, 0) is 12.3 Å². The number of hydrogen-bond donors (Lipinski definition) is 1. The lowest BCUT2D eigenvalue weighted by molar-refractivity contribution is 0.414. The minimum Gasteiger partial charge on any atom is -0.497 e. The average Bonchev–Trinajstić information content (AvgIpc) is 3.19. The number of hydrogen-bond acceptors (Lipinski definition) is 7. The first kappa shape index (κ1) is 17.8. The van der Waals surface area contributed by atoms with Crippen LogP contribution in [0.1, 0.15) is 11.1 Å². The first-order chi connectivity index (χ1) is 13.3. The molecule has 2 aromatic heterocycles. The molecular weight excluding hydrogens is 376 g/mol. The second kappa shape index (κ2) is 8.37. The van der Waals surface area contributed by atoms with Gasteiger partial charge in [-0.05, 0) is 29.3 Å². The molecule has 0 saturated carbocycles. The quantitative estimate of drug-likeness (QED) is 0.445. The van der Waals surface area contributed by atoms with Gasteiger partial charge in [-0.15, -0.1) is 10.2 Å². The van der Waals surface area contributed by atoms with Crippen LogP contribution in [0.15, 0.2) is 65.1 Å². The van der Waals surface area contributed by atoms with Gasteiger partial charge in [0.15, 0.2) is 4.34 Å². The van der Waals surface area contributed by atoms with E-state index in [1.54, 1.807) is 30.2 Å². The predicted octanol–water partition coefficient (Wildman–Crippen LogP) is 5.00. The Bertz CT molecular complexity index is 1030. The van der Waals surface area contributed by atoms with E-state index < -0.39 is 0 Å². The van der Waals surface area contributed by atoms with E-state index in [4.69, 9.17) is 4.74 Å². The third kappa shape index (κ3) is 4.37. The number of methoxy groups -OCH3 is 1. The van der Waals surface area contributed by atoms with Crippen molar-refractivity contribution in [2.45, 2.75) is 16.6 Å². The van der Waals surface area contributed by atoms with E-state index in [2.05, 4.69) is 44.8 Å². The van der Waals surface area contributed by atoms with Gasteiger partial charge in [0.2, 0.25) is 5.13 Å². The van der Waals surface area contributed by atoms with E-state index >= 15 is 0 Å². The number of pyridine rings is 1. The summed E-state index contributed by atoms with van der Waals surface area (Å²) in [5.41, 5.74) is 3.43. The zero-order valence-corrected chi connectivity index (χ0v) is 16.4. The van der Waals surface area contributed by atoms with Crippen molar-refractivity contribution in [2.24, 2.45) is 0 Å². The lowest BCUT2D eigenvalue weighted by Gasteiger charge is -2.04. The first-order valence-electron chi connectivity index (χ1n) is 8.47. The smallest absolute Gasteiger partial charge is 0.206 e. The van der Waals surface area contributed by atoms with Gasteiger partial charge < -0.3 is 10.1 Å². The summed E-state index contributed by atoms with van der Waals surface area (Å²) in [4.78, 5) is 4.51. The highest BCUT2D eigenvalue weighted by Crippen LogP contribution is 2.30. The van der Waals surface area contributed by atoms with Gasteiger partial charge in [0, 0.05) is 23.9 Å². The van der Waals surface area contributed by atoms with Crippen molar-refractivity contribution < 1.29 is 4.74 Å². The number of aromatic nitrogens is 3. The molecule has 5 nitrogen and oxygen atoms in total. The van der Waals surface area contributed by atoms with Crippen molar-refractivity contribution in [1.29, 1.82) is 0 Å². The summed E-state index contributed by atoms with van der Waals surface area (Å²) < 4.78 is 6.12. The Morgan fingerprint density at radius 1 is 1.04 bits per heavy atom. The first-order valence-corrected chi connectivity index (χ1v) is 10.3. The van der Waals surface area contributed by atoms with Gasteiger partial charge in [-0.2, -0.15) is 0 Å². The largest absolute Gasteiger partial charge is 0.497 e. The molecule has 0 unspecified atom stereocenters. The Morgan fingerprint density at radius 3 is 2.74 bits per heavy atom. The van der Waals surface area contributed by atoms with Crippen LogP contribution >= 0.6 is 23.1 Å². The van der Waals surface area contributed by atoms with Crippen molar-refractivity contribution in [1.82, 2.24) is 15.2 Å². The minimum atomic E-state index is 0.705. The molecule has 1 N–H and O–H groups in total. The number of nitrogens with one attached hydrogen (secondary N) is 1. The van der Waals surface area contributed by atoms with E-state index in [9.17, 15) is 0 Å². The minimum absolute atomic E-state index is 0.705. The maximum Gasteiger partial charge on any atom is 0.206 e. The van der Waals surface area contributed by atoms with Crippen LogP contribution in [0.4, 0.5) is 5.13 Å². The summed E-state index contributed by atoms with van der Waals surface area (Å²) >= 11 is 3.25. The van der Waals surface area contributed by atoms with Crippen LogP contribution in [0.25, 0.3) is 10.9 Å². The standard InChI is InChI=1S/C20H18N4OS2/c1-25-17-9-7-14(8-10-17)12-22-19-23-24-20(27-19)26-13-16-5-2-4-15-6-3-11-21-18(15)16/h2-11H,12-13H2,1H3,(H,22,23). The van der Waals surface area contributed by atoms with E-state index in [-0.39, 0.29) is 0 Å². The summed E-state index contributed by atoms with van der Waals surface area (Å²) in [5.74, 6) is 1.68. The van der Waals surface area contributed by atoms with E-state index in [0.29, 0.717) is 6.54 Å². The fourth-order valence-corrected chi connectivity index (χ4v) is 4.42. The molecular formula is C20H18N4OS2. The van der Waals surface area contributed by atoms with Crippen molar-refractivity contribution in [2.75, 3.05) is 12.4 Å². The maximum atomic E-state index is 5.18. The van der Waals surface area contributed by atoms with Crippen LogP contribution in [0.3, 0.4) is 0 Å². The Balaban J connectivity index is 1.36. The molecule has 136 valence electrons. The van der Waals surface area contributed by atoms with Crippen LogP contribution in [0, 0.1) is 0 Å². The SMILES string of the molecule is COc1ccc(CNc2nnc(SCc3cccc4cccnc34)s2)cc1. The molecule has 4 aromatic rings. The molecule has 0 saturated heterocycles. The van der Waals surface area contributed by atoms with Crippen molar-refractivity contribution in [3.8, 4) is 5.75 Å². The fraction of sp³-hybridized carbons (Fsp3) is 0.150. The van der Waals surface area contributed by atoms with Crippen LogP contribution < -0.4 is 10.1 Å². The number of anilines is 1. The third-order valence-electron chi connectivity index (χ3n) is 4.08. The van der Waals surface area contributed by atoms with Crippen molar-refractivity contribution in [3.63, 3.8) is 0 Å². The number of benzene rings is 2. The summed E-state index contributed by atoms with van der Waals surface area (Å²) in [6.45, 7) is 0.705. The zero-order chi connectivity index (χ0) is 18.5. The van der Waals surface area contributed by atoms with Crippen LogP contribution in [0.2, 0.25) is 0 Å². The fourth-order valence-electron chi connectivity index (χ4n) is 2.68. The highest BCUT2D eigenvalue weighted by molar-refractivity contribution is 8.00. The van der Waals surface area contributed by atoms with Gasteiger partial charge in [-0.25, -0.2) is 0 Å². The monoisotopic (exact) mass is 394 g/mol. The second-order valence-corrected chi connectivity index (χ2v) is 8.06. The number of thioether (sulfide) groups is 1. The van der Waals surface area contributed by atoms with E-state index in [0.717, 1.165) is 31.9 Å². The normalized spacial score (nSPS) is 10.9. The van der Waals surface area contributed by atoms with Crippen LogP contribution in [-0.4, -0.2) is 22.3 Å². The van der Waals surface area contributed by atoms with Gasteiger partial charge in [0.25, 0.3) is 0 Å². The highest BCUT2D eigenvalue weighted by Gasteiger charge is 2.07. The molecule has 27 heavy (non-hydrogen) atoms. The molecule has 0 aliphatic rings. The molecule has 0 aliphatic heterocycles. The van der Waals surface area contributed by atoms with Gasteiger partial charge >= 0.3 is 0 Å². The van der Waals surface area contributed by atoms with Gasteiger partial charge in [0.05, 0.1) is 12.6 Å². The Kier molecular flexibility index (Phi) is 5.50. The van der Waals surface area contributed by atoms with Gasteiger partial charge in [-0.3, -0.25) is 4.98 Å². The zero-order valence-electron chi connectivity index (χ0n) is 14.8. The summed E-state index contributed by atoms with van der Waals surface area (Å²) in [5, 5.41) is 13.8. The summed E-state index contributed by atoms with van der Waals surface area (Å²) in [6.07, 6.45) is 1.84. The number of nitrogens with zero attached hydrogens (tertiary/aromatic N) is 3. The molecule has 2 heterocycles. The molecule has 7 heteroatoms. The molecule has 4 rings (SSSR count). The number of fused-ring (bicyclic) bond motifs is 1. The number of para-hydroxylation sites is 1. The maximum absolute atomic E-state index is 5.18. The van der Waals surface area contributed by atoms with Gasteiger partial charge in [0.1, 0.15) is 5.75 Å². The average molecular weight is 395 g/mol. The van der Waals surface area contributed by atoms with Crippen molar-refractivity contribution >= 4 is 39.1 Å². The van der Waals surface area contributed by atoms with Gasteiger partial charge in [-0.1, -0.05) is 59.5 Å². The molecule has 0 atom stereocenters. The molecule has 0 amide bonds. The van der Waals surface area contributed by atoms with E-state index in [1.165, 1.54) is 11.1 Å². The van der Waals surface area contributed by atoms with Crippen molar-refractivity contribution in [3.05, 3.63) is 71.9 Å². The molecule has 0 fully saturated rings. The molecule has 0 aliphatic carbocycles. The lowest BCUT2D eigenvalue weighted by atomic mass is 10.1. The highest BCUT2D eigenvalue weighted by atomic mass is 32.2. The molecule has 0 bridgehead atoms. The predicted molar refractivity (Wildman–Crippen MR) is 112 cm³/mol. The molecule has 0 spiro atoms. The second-order valence-electron chi connectivity index (χ2n) is 5.86. The molecule has 2 aromatic carbocycles. The number of ether oxygens (including phenoxy) is 1. The number of rotatable bonds is 7. The van der Waals surface area contributed by atoms with Crippen LogP contribution in [0.5, 0.6) is 5.75 Å². The lowest BCUT2D eigenvalue weighted by Crippen LogP contribution is -1.98. The van der Waals surface area contributed by atoms with E-state index in [1.807, 2.05) is 36.5 Å². The topological polar surface area (TPSA) is 59.9 Å². The Morgan fingerprint density at radius 2 is 1.89 bits per heavy atom. The summed E-state index contributed by atoms with van der Waals surface area (Å²) in [7, 11) is 1.67. The molecule has 0 radical (unpaired) electrons. The third-order valence-corrected chi connectivity index (χ3v) is 6.14.